The molecule has 0 saturated heterocycles. The number of carbonyl (C=O) groups excluding carboxylic acids is 1. The molecular weight excluding hydrogens is 435 g/mol. The molecule has 0 N–H and O–H groups in total. The number of nitrogens with zero attached hydrogens (tertiary/aromatic N) is 2. The number of hydrogen-bond acceptors (Lipinski definition) is 3. The molecule has 2 aromatic carbocycles. The first-order valence-corrected chi connectivity index (χ1v) is 9.16. The molecule has 0 aliphatic carbocycles. The lowest BCUT2D eigenvalue weighted by atomic mass is 10.2. The molecule has 0 aliphatic heterocycles. The van der Waals surface area contributed by atoms with Gasteiger partial charge in [0, 0.05) is 10.1 Å². The molecule has 0 radical (unpaired) electrons. The molecule has 122 valence electrons. The van der Waals surface area contributed by atoms with Crippen molar-refractivity contribution in [3.8, 4) is 5.75 Å². The van der Waals surface area contributed by atoms with Gasteiger partial charge in [-0.1, -0.05) is 35.6 Å². The molecule has 0 unspecified atom stereocenters. The Bertz CT molecular complexity index is 988. The van der Waals surface area contributed by atoms with Crippen molar-refractivity contribution in [3.63, 3.8) is 0 Å². The summed E-state index contributed by atoms with van der Waals surface area (Å²) in [5.74, 6) is 0.511. The van der Waals surface area contributed by atoms with Gasteiger partial charge in [0.15, 0.2) is 4.80 Å². The minimum Gasteiger partial charge on any atom is -0.495 e. The zero-order valence-corrected chi connectivity index (χ0v) is 16.0. The Morgan fingerprint density at radius 2 is 2.12 bits per heavy atom. The molecule has 1 aromatic heterocycles. The smallest absolute Gasteiger partial charge is 0.280 e. The van der Waals surface area contributed by atoms with Gasteiger partial charge >= 0.3 is 0 Å². The molecule has 1 amide bonds. The van der Waals surface area contributed by atoms with Gasteiger partial charge in [-0.15, -0.1) is 6.58 Å². The number of allylic oxidation sites excluding steroid dienone is 1. The van der Waals surface area contributed by atoms with Gasteiger partial charge in [0.05, 0.1) is 17.4 Å². The fraction of sp³-hybridized carbons (Fsp3) is 0.111. The second-order valence-corrected chi connectivity index (χ2v) is 7.16. The first kappa shape index (κ1) is 16.9. The number of benzene rings is 2. The van der Waals surface area contributed by atoms with E-state index in [1.165, 1.54) is 11.3 Å². The summed E-state index contributed by atoms with van der Waals surface area (Å²) < 4.78 is 9.32. The van der Waals surface area contributed by atoms with Crippen LogP contribution in [0.5, 0.6) is 5.75 Å². The van der Waals surface area contributed by atoms with Crippen LogP contribution in [0.2, 0.25) is 0 Å². The van der Waals surface area contributed by atoms with Crippen molar-refractivity contribution in [2.45, 2.75) is 6.54 Å². The molecule has 0 saturated carbocycles. The molecule has 0 bridgehead atoms. The number of thiazole rings is 1. The van der Waals surface area contributed by atoms with Gasteiger partial charge in [0.2, 0.25) is 0 Å². The number of para-hydroxylation sites is 1. The average Bonchev–Trinajstić information content (AvgIpc) is 2.93. The number of hydrogen-bond donors (Lipinski definition) is 0. The second kappa shape index (κ2) is 7.31. The van der Waals surface area contributed by atoms with Crippen molar-refractivity contribution >= 4 is 50.1 Å². The van der Waals surface area contributed by atoms with Gasteiger partial charge in [-0.2, -0.15) is 4.99 Å². The average molecular weight is 450 g/mol. The summed E-state index contributed by atoms with van der Waals surface area (Å²) in [4.78, 5) is 17.6. The summed E-state index contributed by atoms with van der Waals surface area (Å²) in [5.41, 5.74) is 1.53. The largest absolute Gasteiger partial charge is 0.495 e. The quantitative estimate of drug-likeness (QED) is 0.441. The lowest BCUT2D eigenvalue weighted by Crippen LogP contribution is -2.17. The van der Waals surface area contributed by atoms with Crippen molar-refractivity contribution in [1.82, 2.24) is 4.57 Å². The van der Waals surface area contributed by atoms with Crippen molar-refractivity contribution in [2.75, 3.05) is 7.11 Å². The number of methoxy groups -OCH3 is 1. The molecule has 3 aromatic rings. The Balaban J connectivity index is 2.22. The van der Waals surface area contributed by atoms with E-state index in [0.717, 1.165) is 19.5 Å². The van der Waals surface area contributed by atoms with Crippen LogP contribution in [-0.2, 0) is 6.54 Å². The highest BCUT2D eigenvalue weighted by Gasteiger charge is 2.13. The Kier molecular flexibility index (Phi) is 5.15. The van der Waals surface area contributed by atoms with Crippen LogP contribution < -0.4 is 9.54 Å². The number of aromatic nitrogens is 1. The van der Waals surface area contributed by atoms with E-state index in [9.17, 15) is 4.79 Å². The molecule has 1 heterocycles. The zero-order valence-electron chi connectivity index (χ0n) is 13.0. The number of halogens is 1. The molecule has 0 fully saturated rings. The lowest BCUT2D eigenvalue weighted by molar-refractivity contribution is 0.0997. The molecule has 3 rings (SSSR count). The van der Waals surface area contributed by atoms with Crippen LogP contribution in [0.25, 0.3) is 10.2 Å². The highest BCUT2D eigenvalue weighted by atomic mass is 127. The van der Waals surface area contributed by atoms with Crippen molar-refractivity contribution in [2.24, 2.45) is 4.99 Å². The summed E-state index contributed by atoms with van der Waals surface area (Å²) in [6, 6.07) is 13.3. The minimum atomic E-state index is -0.247. The van der Waals surface area contributed by atoms with Crippen LogP contribution in [-0.4, -0.2) is 17.6 Å². The summed E-state index contributed by atoms with van der Waals surface area (Å²) in [6.07, 6.45) is 1.79. The van der Waals surface area contributed by atoms with Crippen LogP contribution in [0.1, 0.15) is 10.4 Å². The zero-order chi connectivity index (χ0) is 17.1. The predicted molar refractivity (Wildman–Crippen MR) is 106 cm³/mol. The van der Waals surface area contributed by atoms with E-state index in [1.54, 1.807) is 19.3 Å². The Hall–Kier alpha value is -1.93. The summed E-state index contributed by atoms with van der Waals surface area (Å²) in [6.45, 7) is 4.36. The Morgan fingerprint density at radius 3 is 2.83 bits per heavy atom. The van der Waals surface area contributed by atoms with E-state index in [0.29, 0.717) is 16.9 Å². The number of amides is 1. The van der Waals surface area contributed by atoms with Gasteiger partial charge < -0.3 is 9.30 Å². The number of rotatable bonds is 4. The van der Waals surface area contributed by atoms with Crippen molar-refractivity contribution < 1.29 is 9.53 Å². The molecule has 0 spiro atoms. The fourth-order valence-electron chi connectivity index (χ4n) is 2.43. The second-order valence-electron chi connectivity index (χ2n) is 4.99. The predicted octanol–water partition coefficient (Wildman–Crippen LogP) is 4.24. The maximum absolute atomic E-state index is 12.6. The molecule has 24 heavy (non-hydrogen) atoms. The highest BCUT2D eigenvalue weighted by Crippen LogP contribution is 2.27. The van der Waals surface area contributed by atoms with E-state index >= 15 is 0 Å². The van der Waals surface area contributed by atoms with E-state index in [1.807, 2.05) is 41.0 Å². The molecule has 4 nitrogen and oxygen atoms in total. The number of fused-ring (bicyclic) bond motifs is 1. The van der Waals surface area contributed by atoms with Crippen LogP contribution >= 0.6 is 33.9 Å². The summed E-state index contributed by atoms with van der Waals surface area (Å²) in [7, 11) is 1.64. The van der Waals surface area contributed by atoms with Gasteiger partial charge in [-0.25, -0.2) is 0 Å². The molecule has 6 heteroatoms. The van der Waals surface area contributed by atoms with Crippen LogP contribution in [0, 0.1) is 3.57 Å². The first-order chi connectivity index (χ1) is 11.7. The highest BCUT2D eigenvalue weighted by molar-refractivity contribution is 14.1. The Morgan fingerprint density at radius 1 is 1.33 bits per heavy atom. The van der Waals surface area contributed by atoms with E-state index in [-0.39, 0.29) is 5.91 Å². The topological polar surface area (TPSA) is 43.6 Å². The first-order valence-electron chi connectivity index (χ1n) is 7.26. The standard InChI is InChI=1S/C18H15IN2O2S/c1-3-11-21-16-14(23-2)9-6-10-15(16)24-18(21)20-17(22)12-7-4-5-8-13(12)19/h3-10H,1,11H2,2H3. The lowest BCUT2D eigenvalue weighted by Gasteiger charge is -2.06. The van der Waals surface area contributed by atoms with Gasteiger partial charge in [0.25, 0.3) is 5.91 Å². The van der Waals surface area contributed by atoms with Gasteiger partial charge in [0.1, 0.15) is 11.3 Å². The molecular formula is C18H15IN2O2S. The normalized spacial score (nSPS) is 11.7. The third-order valence-electron chi connectivity index (χ3n) is 3.50. The van der Waals surface area contributed by atoms with Crippen LogP contribution in [0.4, 0.5) is 0 Å². The number of carbonyl (C=O) groups is 1. The monoisotopic (exact) mass is 450 g/mol. The Labute approximate surface area is 157 Å². The SMILES string of the molecule is C=CCn1c(=NC(=O)c2ccccc2I)sc2cccc(OC)c21. The maximum atomic E-state index is 12.6. The minimum absolute atomic E-state index is 0.247. The van der Waals surface area contributed by atoms with Gasteiger partial charge in [-0.05, 0) is 46.9 Å². The van der Waals surface area contributed by atoms with E-state index < -0.39 is 0 Å². The van der Waals surface area contributed by atoms with Gasteiger partial charge in [-0.3, -0.25) is 4.79 Å². The summed E-state index contributed by atoms with van der Waals surface area (Å²) in [5, 5.41) is 0. The molecule has 0 atom stereocenters. The van der Waals surface area contributed by atoms with Crippen LogP contribution in [0.15, 0.2) is 60.1 Å². The third kappa shape index (κ3) is 3.16. The fourth-order valence-corrected chi connectivity index (χ4v) is 4.10. The third-order valence-corrected chi connectivity index (χ3v) is 5.48. The maximum Gasteiger partial charge on any atom is 0.280 e. The molecule has 0 aliphatic rings. The van der Waals surface area contributed by atoms with Crippen molar-refractivity contribution in [3.05, 3.63) is 69.1 Å². The summed E-state index contributed by atoms with van der Waals surface area (Å²) >= 11 is 3.62. The van der Waals surface area contributed by atoms with E-state index in [2.05, 4.69) is 34.2 Å². The van der Waals surface area contributed by atoms with Crippen LogP contribution in [0.3, 0.4) is 0 Å². The van der Waals surface area contributed by atoms with Crippen molar-refractivity contribution in [1.29, 1.82) is 0 Å². The number of ether oxygens (including phenoxy) is 1. The van der Waals surface area contributed by atoms with E-state index in [4.69, 9.17) is 4.74 Å².